The summed E-state index contributed by atoms with van der Waals surface area (Å²) in [7, 11) is 0. The monoisotopic (exact) mass is 567 g/mol. The molecule has 210 valence electrons. The smallest absolute Gasteiger partial charge is 0.393 e. The molecule has 1 amide bonds. The predicted molar refractivity (Wildman–Crippen MR) is 153 cm³/mol. The van der Waals surface area contributed by atoms with Crippen LogP contribution in [0.5, 0.6) is 0 Å². The Bertz CT molecular complexity index is 1330. The van der Waals surface area contributed by atoms with Crippen LogP contribution < -0.4 is 15.6 Å². The molecule has 3 aliphatic rings. The van der Waals surface area contributed by atoms with Crippen molar-refractivity contribution in [1.29, 1.82) is 0 Å². The van der Waals surface area contributed by atoms with Crippen molar-refractivity contribution in [3.63, 3.8) is 0 Å². The molecular weight excluding hydrogens is 535 g/mol. The first kappa shape index (κ1) is 28.2. The normalized spacial score (nSPS) is 20.1. The average Bonchev–Trinajstić information content (AvgIpc) is 3.22. The summed E-state index contributed by atoms with van der Waals surface area (Å²) < 4.78 is 39.2. The van der Waals surface area contributed by atoms with Gasteiger partial charge in [-0.1, -0.05) is 73.5 Å². The number of nitrogens with zero attached hydrogens (tertiary/aromatic N) is 2. The van der Waals surface area contributed by atoms with Gasteiger partial charge in [-0.3, -0.25) is 20.2 Å². The molecule has 1 aliphatic heterocycles. The van der Waals surface area contributed by atoms with E-state index < -0.39 is 24.0 Å². The molecule has 3 N–H and O–H groups in total. The summed E-state index contributed by atoms with van der Waals surface area (Å²) in [5.41, 5.74) is 10.7. The highest BCUT2D eigenvalue weighted by atomic mass is 32.2. The number of hydrogen-bond donors (Lipinski definition) is 3. The van der Waals surface area contributed by atoms with Crippen LogP contribution in [-0.4, -0.2) is 42.3 Å². The van der Waals surface area contributed by atoms with E-state index in [1.54, 1.807) is 11.8 Å². The zero-order chi connectivity index (χ0) is 28.2. The van der Waals surface area contributed by atoms with Gasteiger partial charge in [0.05, 0.1) is 6.04 Å². The van der Waals surface area contributed by atoms with Crippen LogP contribution in [0.3, 0.4) is 0 Å². The Kier molecular flexibility index (Phi) is 8.51. The van der Waals surface area contributed by atoms with E-state index >= 15 is 0 Å². The molecule has 0 aromatic heterocycles. The number of halogens is 3. The van der Waals surface area contributed by atoms with Crippen molar-refractivity contribution in [2.45, 2.75) is 50.2 Å². The second-order valence-corrected chi connectivity index (χ2v) is 11.2. The standard InChI is InChI=1S/C30H32F3N5OS/c1-21-11-3-8-16-26(21)35-20-38-28(36-37-38)40-18-10-2-9-17-29(27(39)34-19-30(31,32)33)24-14-6-4-12-22(24)23-13-5-7-15-25(23)29/h3-8,12-16,26,35,38H,2,9-10,17-20H2,1H3,(H,34,39). The van der Waals surface area contributed by atoms with Gasteiger partial charge in [0, 0.05) is 5.75 Å². The number of nitrogens with one attached hydrogen (secondary N) is 3. The Labute approximate surface area is 236 Å². The number of quaternary nitrogens is 1. The summed E-state index contributed by atoms with van der Waals surface area (Å²) in [6.07, 6.45) is 4.36. The highest BCUT2D eigenvalue weighted by Crippen LogP contribution is 2.51. The minimum absolute atomic E-state index is 0.144. The highest BCUT2D eigenvalue weighted by Gasteiger charge is 2.49. The van der Waals surface area contributed by atoms with Crippen LogP contribution >= 0.6 is 11.8 Å². The Morgan fingerprint density at radius 1 is 1.10 bits per heavy atom. The lowest BCUT2D eigenvalue weighted by molar-refractivity contribution is -0.781. The van der Waals surface area contributed by atoms with Crippen LogP contribution in [0.1, 0.15) is 43.7 Å². The maximum absolute atomic E-state index is 13.6. The number of alkyl halides is 3. The molecule has 1 heterocycles. The summed E-state index contributed by atoms with van der Waals surface area (Å²) in [6.45, 7) is 1.32. The summed E-state index contributed by atoms with van der Waals surface area (Å²) in [5.74, 6) is 0.255. The van der Waals surface area contributed by atoms with E-state index in [2.05, 4.69) is 33.1 Å². The summed E-state index contributed by atoms with van der Waals surface area (Å²) in [6, 6.07) is 15.3. The SMILES string of the molecule is CC1=C=CC=CC1NC[NH+]1[N-]N=C1SCCCCCC1(C(=O)NCC(F)(F)F)c2ccccc2-c2ccccc21. The lowest BCUT2D eigenvalue weighted by Crippen LogP contribution is -3.15. The van der Waals surface area contributed by atoms with E-state index in [0.717, 1.165) is 56.6 Å². The van der Waals surface area contributed by atoms with Crippen molar-refractivity contribution in [3.8, 4) is 11.1 Å². The Hall–Kier alpha value is -3.30. The molecule has 5 rings (SSSR count). The zero-order valence-corrected chi connectivity index (χ0v) is 23.0. The minimum Gasteiger partial charge on any atom is -0.393 e. The molecule has 0 saturated heterocycles. The van der Waals surface area contributed by atoms with E-state index in [9.17, 15) is 18.0 Å². The molecule has 2 atom stereocenters. The van der Waals surface area contributed by atoms with Crippen LogP contribution in [0.4, 0.5) is 13.2 Å². The molecule has 2 unspecified atom stereocenters. The van der Waals surface area contributed by atoms with Crippen molar-refractivity contribution in [2.75, 3.05) is 19.0 Å². The van der Waals surface area contributed by atoms with Crippen LogP contribution in [0.25, 0.3) is 16.7 Å². The van der Waals surface area contributed by atoms with E-state index in [1.807, 2.05) is 67.6 Å². The van der Waals surface area contributed by atoms with Gasteiger partial charge in [0.2, 0.25) is 11.1 Å². The van der Waals surface area contributed by atoms with Gasteiger partial charge in [0.15, 0.2) is 0 Å². The van der Waals surface area contributed by atoms with Gasteiger partial charge in [0.25, 0.3) is 0 Å². The van der Waals surface area contributed by atoms with Crippen LogP contribution in [-0.2, 0) is 10.2 Å². The highest BCUT2D eigenvalue weighted by molar-refractivity contribution is 8.13. The molecule has 2 aromatic rings. The van der Waals surface area contributed by atoms with Crippen molar-refractivity contribution in [1.82, 2.24) is 10.6 Å². The molecule has 10 heteroatoms. The van der Waals surface area contributed by atoms with E-state index in [-0.39, 0.29) is 6.04 Å². The zero-order valence-electron chi connectivity index (χ0n) is 22.2. The lowest BCUT2D eigenvalue weighted by atomic mass is 9.73. The predicted octanol–water partition coefficient (Wildman–Crippen LogP) is 4.97. The number of thioether (sulfide) groups is 1. The fourth-order valence-electron chi connectivity index (χ4n) is 5.51. The third kappa shape index (κ3) is 5.90. The molecule has 40 heavy (non-hydrogen) atoms. The summed E-state index contributed by atoms with van der Waals surface area (Å²) in [5, 5.41) is 11.7. The molecule has 0 spiro atoms. The second-order valence-electron chi connectivity index (χ2n) is 10.1. The molecule has 2 aliphatic carbocycles. The number of benzene rings is 2. The number of carbonyl (C=O) groups is 1. The largest absolute Gasteiger partial charge is 0.405 e. The molecule has 2 aromatic carbocycles. The van der Waals surface area contributed by atoms with Crippen LogP contribution in [0, 0.1) is 0 Å². The first-order chi connectivity index (χ1) is 19.3. The minimum atomic E-state index is -4.48. The maximum atomic E-state index is 13.6. The van der Waals surface area contributed by atoms with E-state index in [1.165, 1.54) is 0 Å². The number of carbonyl (C=O) groups excluding carboxylic acids is 1. The van der Waals surface area contributed by atoms with Gasteiger partial charge in [-0.05, 0) is 65.4 Å². The van der Waals surface area contributed by atoms with Gasteiger partial charge in [-0.15, -0.1) is 5.73 Å². The number of unbranched alkanes of at least 4 members (excludes halogenated alkanes) is 2. The van der Waals surface area contributed by atoms with Crippen molar-refractivity contribution in [2.24, 2.45) is 5.10 Å². The first-order valence-electron chi connectivity index (χ1n) is 13.4. The van der Waals surface area contributed by atoms with Gasteiger partial charge in [-0.2, -0.15) is 13.2 Å². The topological polar surface area (TPSA) is 72.0 Å². The van der Waals surface area contributed by atoms with Crippen LogP contribution in [0.15, 0.2) is 83.2 Å². The maximum Gasteiger partial charge on any atom is 0.405 e. The number of amidine groups is 1. The van der Waals surface area contributed by atoms with E-state index in [4.69, 9.17) is 0 Å². The molecule has 6 nitrogen and oxygen atoms in total. The number of fused-ring (bicyclic) bond motifs is 3. The first-order valence-corrected chi connectivity index (χ1v) is 14.4. The van der Waals surface area contributed by atoms with Gasteiger partial charge < -0.3 is 10.9 Å². The molecule has 0 saturated carbocycles. The second kappa shape index (κ2) is 12.1. The summed E-state index contributed by atoms with van der Waals surface area (Å²) >= 11 is 1.66. The Morgan fingerprint density at radius 3 is 2.42 bits per heavy atom. The van der Waals surface area contributed by atoms with Crippen molar-refractivity contribution in [3.05, 3.63) is 94.7 Å². The Balaban J connectivity index is 1.17. The third-order valence-corrected chi connectivity index (χ3v) is 8.59. The van der Waals surface area contributed by atoms with Gasteiger partial charge in [0.1, 0.15) is 18.6 Å². The van der Waals surface area contributed by atoms with Crippen LogP contribution in [0.2, 0.25) is 0 Å². The van der Waals surface area contributed by atoms with Crippen molar-refractivity contribution < 1.29 is 23.0 Å². The quantitative estimate of drug-likeness (QED) is 0.265. The van der Waals surface area contributed by atoms with Crippen molar-refractivity contribution >= 4 is 22.8 Å². The number of rotatable bonds is 11. The van der Waals surface area contributed by atoms with E-state index in [0.29, 0.717) is 19.5 Å². The molecular formula is C30H32F3N5OS. The Morgan fingerprint density at radius 2 is 1.80 bits per heavy atom. The molecule has 0 radical (unpaired) electrons. The molecule has 0 bridgehead atoms. The number of allylic oxidation sites excluding steroid dienone is 1. The average molecular weight is 568 g/mol. The fourth-order valence-corrected chi connectivity index (χ4v) is 6.43. The number of amides is 1. The van der Waals surface area contributed by atoms with Gasteiger partial charge in [-0.25, -0.2) is 0 Å². The number of hydrogen-bond acceptors (Lipinski definition) is 4. The third-order valence-electron chi connectivity index (χ3n) is 7.51. The fraction of sp³-hybridized carbons (Fsp3) is 0.367. The summed E-state index contributed by atoms with van der Waals surface area (Å²) in [4.78, 5) is 13.6. The van der Waals surface area contributed by atoms with Gasteiger partial charge >= 0.3 is 6.18 Å². The molecule has 0 fully saturated rings. The lowest BCUT2D eigenvalue weighted by Gasteiger charge is -2.38.